The van der Waals surface area contributed by atoms with E-state index in [0.717, 1.165) is 30.7 Å². The van der Waals surface area contributed by atoms with E-state index in [1.807, 2.05) is 28.8 Å². The smallest absolute Gasteiger partial charge is 0.246 e. The van der Waals surface area contributed by atoms with Crippen molar-refractivity contribution in [3.8, 4) is 0 Å². The number of likely N-dealkylation sites (tertiary alicyclic amines) is 1. The van der Waals surface area contributed by atoms with Gasteiger partial charge in [0.25, 0.3) is 0 Å². The highest BCUT2D eigenvalue weighted by atomic mass is 35.5. The Bertz CT molecular complexity index is 780. The molecule has 1 aliphatic carbocycles. The largest absolute Gasteiger partial charge is 0.336 e. The van der Waals surface area contributed by atoms with E-state index in [2.05, 4.69) is 9.88 Å². The monoisotopic (exact) mass is 343 g/mol. The zero-order chi connectivity index (χ0) is 16.5. The minimum absolute atomic E-state index is 0.105. The topological polar surface area (TPSA) is 37.6 Å². The first-order valence-corrected chi connectivity index (χ1v) is 9.23. The van der Waals surface area contributed by atoms with Gasteiger partial charge in [-0.25, -0.2) is 4.98 Å². The maximum atomic E-state index is 12.8. The van der Waals surface area contributed by atoms with E-state index in [9.17, 15) is 4.79 Å². The Hall–Kier alpha value is -1.81. The molecular formula is C19H22ClN3O. The lowest BCUT2D eigenvalue weighted by Gasteiger charge is -2.43. The number of imidazole rings is 1. The average molecular weight is 344 g/mol. The third-order valence-corrected chi connectivity index (χ3v) is 5.71. The zero-order valence-corrected chi connectivity index (χ0v) is 14.5. The molecule has 4 rings (SSSR count). The number of carbonyl (C=O) groups is 1. The third-order valence-electron chi connectivity index (χ3n) is 5.43. The van der Waals surface area contributed by atoms with Crippen LogP contribution >= 0.6 is 11.6 Å². The van der Waals surface area contributed by atoms with Crippen molar-refractivity contribution in [3.05, 3.63) is 41.3 Å². The van der Waals surface area contributed by atoms with Crippen LogP contribution in [-0.2, 0) is 4.79 Å². The van der Waals surface area contributed by atoms with Gasteiger partial charge in [0.2, 0.25) is 5.91 Å². The van der Waals surface area contributed by atoms with Crippen LogP contribution in [0.3, 0.4) is 0 Å². The molecule has 0 aromatic carbocycles. The molecule has 0 spiro atoms. The molecule has 4 nitrogen and oxygen atoms in total. The molecule has 0 N–H and O–H groups in total. The minimum atomic E-state index is 0.105. The summed E-state index contributed by atoms with van der Waals surface area (Å²) in [6, 6.07) is 6.19. The van der Waals surface area contributed by atoms with Crippen molar-refractivity contribution in [2.24, 2.45) is 5.92 Å². The van der Waals surface area contributed by atoms with Crippen LogP contribution in [0, 0.1) is 5.92 Å². The van der Waals surface area contributed by atoms with Gasteiger partial charge in [0.1, 0.15) is 5.65 Å². The van der Waals surface area contributed by atoms with Gasteiger partial charge >= 0.3 is 0 Å². The lowest BCUT2D eigenvalue weighted by Crippen LogP contribution is -2.49. The lowest BCUT2D eigenvalue weighted by atomic mass is 9.78. The summed E-state index contributed by atoms with van der Waals surface area (Å²) in [6.07, 6.45) is 12.8. The Morgan fingerprint density at radius 2 is 2.04 bits per heavy atom. The molecule has 24 heavy (non-hydrogen) atoms. The van der Waals surface area contributed by atoms with Gasteiger partial charge in [-0.1, -0.05) is 30.5 Å². The zero-order valence-electron chi connectivity index (χ0n) is 13.7. The fourth-order valence-electron chi connectivity index (χ4n) is 4.28. The average Bonchev–Trinajstić information content (AvgIpc) is 2.94. The standard InChI is InChI=1S/C19H22ClN3O/c20-19-16(22-12-4-3-9-17(22)21-19)10-11-18(24)23-13-5-7-14-6-1-2-8-15(14)23/h3-4,9-12,14-15H,1-2,5-8,13H2/b11-10+. The van der Waals surface area contributed by atoms with E-state index in [1.165, 1.54) is 25.7 Å². The first-order chi connectivity index (χ1) is 11.7. The number of aromatic nitrogens is 2. The van der Waals surface area contributed by atoms with Gasteiger partial charge in [0.15, 0.2) is 5.15 Å². The van der Waals surface area contributed by atoms with Crippen molar-refractivity contribution in [3.63, 3.8) is 0 Å². The van der Waals surface area contributed by atoms with Crippen molar-refractivity contribution in [1.29, 1.82) is 0 Å². The number of fused-ring (bicyclic) bond motifs is 2. The number of carbonyl (C=O) groups excluding carboxylic acids is 1. The molecule has 2 atom stereocenters. The van der Waals surface area contributed by atoms with Crippen molar-refractivity contribution in [2.75, 3.05) is 6.54 Å². The number of pyridine rings is 1. The molecule has 1 amide bonds. The summed E-state index contributed by atoms with van der Waals surface area (Å²) < 4.78 is 1.91. The van der Waals surface area contributed by atoms with Crippen LogP contribution in [0.1, 0.15) is 44.2 Å². The van der Waals surface area contributed by atoms with Crippen LogP contribution in [0.4, 0.5) is 0 Å². The first-order valence-electron chi connectivity index (χ1n) is 8.85. The lowest BCUT2D eigenvalue weighted by molar-refractivity contribution is -0.132. The fraction of sp³-hybridized carbons (Fsp3) is 0.474. The van der Waals surface area contributed by atoms with Crippen molar-refractivity contribution in [2.45, 2.75) is 44.6 Å². The molecular weight excluding hydrogens is 322 g/mol. The van der Waals surface area contributed by atoms with Crippen LogP contribution in [0.25, 0.3) is 11.7 Å². The number of hydrogen-bond donors (Lipinski definition) is 0. The maximum Gasteiger partial charge on any atom is 0.246 e. The Kier molecular flexibility index (Phi) is 4.31. The number of nitrogens with zero attached hydrogens (tertiary/aromatic N) is 3. The van der Waals surface area contributed by atoms with Crippen LogP contribution in [-0.4, -0.2) is 32.8 Å². The van der Waals surface area contributed by atoms with Crippen molar-refractivity contribution >= 4 is 29.2 Å². The summed E-state index contributed by atoms with van der Waals surface area (Å²) in [7, 11) is 0. The molecule has 2 aromatic heterocycles. The molecule has 2 aromatic rings. The van der Waals surface area contributed by atoms with E-state index in [-0.39, 0.29) is 5.91 Å². The summed E-state index contributed by atoms with van der Waals surface area (Å²) in [5, 5.41) is 0.430. The van der Waals surface area contributed by atoms with Crippen LogP contribution in [0.5, 0.6) is 0 Å². The van der Waals surface area contributed by atoms with Gasteiger partial charge in [-0.2, -0.15) is 0 Å². The van der Waals surface area contributed by atoms with E-state index in [4.69, 9.17) is 11.6 Å². The molecule has 2 fully saturated rings. The predicted octanol–water partition coefficient (Wildman–Crippen LogP) is 4.18. The fourth-order valence-corrected chi connectivity index (χ4v) is 4.52. The van der Waals surface area contributed by atoms with E-state index < -0.39 is 0 Å². The highest BCUT2D eigenvalue weighted by Crippen LogP contribution is 2.35. The van der Waals surface area contributed by atoms with Crippen LogP contribution in [0.15, 0.2) is 30.5 Å². The molecule has 3 heterocycles. The van der Waals surface area contributed by atoms with Gasteiger partial charge < -0.3 is 4.90 Å². The van der Waals surface area contributed by atoms with Gasteiger partial charge in [-0.15, -0.1) is 0 Å². The quantitative estimate of drug-likeness (QED) is 0.767. The second-order valence-electron chi connectivity index (χ2n) is 6.84. The molecule has 0 radical (unpaired) electrons. The van der Waals surface area contributed by atoms with Crippen LogP contribution in [0.2, 0.25) is 5.15 Å². The molecule has 1 aliphatic heterocycles. The minimum Gasteiger partial charge on any atom is -0.336 e. The van der Waals surface area contributed by atoms with Crippen molar-refractivity contribution < 1.29 is 4.79 Å². The summed E-state index contributed by atoms with van der Waals surface area (Å²) in [6.45, 7) is 0.880. The summed E-state index contributed by atoms with van der Waals surface area (Å²) in [5.41, 5.74) is 1.55. The number of hydrogen-bond acceptors (Lipinski definition) is 2. The highest BCUT2D eigenvalue weighted by molar-refractivity contribution is 6.31. The Labute approximate surface area is 147 Å². The Morgan fingerprint density at radius 1 is 1.21 bits per heavy atom. The number of rotatable bonds is 2. The molecule has 2 aliphatic rings. The second-order valence-corrected chi connectivity index (χ2v) is 7.19. The molecule has 2 unspecified atom stereocenters. The number of amides is 1. The van der Waals surface area contributed by atoms with Crippen molar-refractivity contribution in [1.82, 2.24) is 14.3 Å². The molecule has 1 saturated carbocycles. The van der Waals surface area contributed by atoms with E-state index >= 15 is 0 Å². The molecule has 5 heteroatoms. The SMILES string of the molecule is O=C(/C=C/c1c(Cl)nc2ccccn12)N1CCCC2CCCCC21. The number of piperidine rings is 1. The maximum absolute atomic E-state index is 12.8. The molecule has 126 valence electrons. The van der Waals surface area contributed by atoms with Gasteiger partial charge in [-0.05, 0) is 49.8 Å². The molecule has 1 saturated heterocycles. The second kappa shape index (κ2) is 6.60. The Balaban J connectivity index is 1.56. The van der Waals surface area contributed by atoms with E-state index in [1.54, 1.807) is 12.2 Å². The van der Waals surface area contributed by atoms with Gasteiger partial charge in [0.05, 0.1) is 5.69 Å². The van der Waals surface area contributed by atoms with Crippen LogP contribution < -0.4 is 0 Å². The Morgan fingerprint density at radius 3 is 2.96 bits per heavy atom. The van der Waals surface area contributed by atoms with E-state index in [0.29, 0.717) is 17.1 Å². The third kappa shape index (κ3) is 2.84. The summed E-state index contributed by atoms with van der Waals surface area (Å²) in [4.78, 5) is 19.2. The predicted molar refractivity (Wildman–Crippen MR) is 95.9 cm³/mol. The highest BCUT2D eigenvalue weighted by Gasteiger charge is 2.34. The normalized spacial score (nSPS) is 24.5. The summed E-state index contributed by atoms with van der Waals surface area (Å²) in [5.74, 6) is 0.804. The van der Waals surface area contributed by atoms with Gasteiger partial charge in [-0.3, -0.25) is 9.20 Å². The summed E-state index contributed by atoms with van der Waals surface area (Å²) >= 11 is 6.24. The molecule has 0 bridgehead atoms. The number of halogens is 1. The van der Waals surface area contributed by atoms with Gasteiger partial charge in [0, 0.05) is 24.9 Å². The first kappa shape index (κ1) is 15.7.